The van der Waals surface area contributed by atoms with Gasteiger partial charge in [0.05, 0.1) is 6.04 Å². The largest absolute Gasteiger partial charge is 0.341 e. The number of carbonyl (C=O) groups excluding carboxylic acids is 1. The van der Waals surface area contributed by atoms with Crippen molar-refractivity contribution in [1.82, 2.24) is 9.80 Å². The summed E-state index contributed by atoms with van der Waals surface area (Å²) < 4.78 is 0. The fraction of sp³-hybridized carbons (Fsp3) is 0.929. The van der Waals surface area contributed by atoms with E-state index in [1.807, 2.05) is 25.8 Å². The monoisotopic (exact) mass is 255 g/mol. The van der Waals surface area contributed by atoms with Gasteiger partial charge in [-0.05, 0) is 32.6 Å². The summed E-state index contributed by atoms with van der Waals surface area (Å²) >= 11 is 0. The highest BCUT2D eigenvalue weighted by Crippen LogP contribution is 2.18. The van der Waals surface area contributed by atoms with Gasteiger partial charge in [-0.15, -0.1) is 0 Å². The van der Waals surface area contributed by atoms with Gasteiger partial charge >= 0.3 is 0 Å². The van der Waals surface area contributed by atoms with Crippen molar-refractivity contribution in [1.29, 1.82) is 0 Å². The number of hydrogen-bond donors (Lipinski definition) is 1. The van der Waals surface area contributed by atoms with Gasteiger partial charge in [0.1, 0.15) is 0 Å². The fourth-order valence-corrected chi connectivity index (χ4v) is 2.49. The van der Waals surface area contributed by atoms with Crippen LogP contribution in [0.1, 0.15) is 40.5 Å². The molecule has 2 N–H and O–H groups in total. The molecule has 106 valence electrons. The molecule has 0 spiro atoms. The van der Waals surface area contributed by atoms with Crippen LogP contribution in [0.4, 0.5) is 0 Å². The lowest BCUT2D eigenvalue weighted by molar-refractivity contribution is -0.135. The highest BCUT2D eigenvalue weighted by atomic mass is 16.2. The normalized spacial score (nSPS) is 20.4. The lowest BCUT2D eigenvalue weighted by Gasteiger charge is -2.39. The number of amides is 1. The molecule has 0 aliphatic carbocycles. The Balaban J connectivity index is 2.49. The van der Waals surface area contributed by atoms with Gasteiger partial charge in [0.2, 0.25) is 5.91 Å². The smallest absolute Gasteiger partial charge is 0.239 e. The van der Waals surface area contributed by atoms with E-state index in [1.54, 1.807) is 0 Å². The highest BCUT2D eigenvalue weighted by molar-refractivity contribution is 5.81. The first-order valence-corrected chi connectivity index (χ1v) is 7.11. The van der Waals surface area contributed by atoms with E-state index < -0.39 is 0 Å². The van der Waals surface area contributed by atoms with Crippen LogP contribution in [0.25, 0.3) is 0 Å². The molecular weight excluding hydrogens is 226 g/mol. The Morgan fingerprint density at radius 3 is 2.11 bits per heavy atom. The highest BCUT2D eigenvalue weighted by Gasteiger charge is 2.29. The summed E-state index contributed by atoms with van der Waals surface area (Å²) in [7, 11) is 1.90. The molecule has 1 amide bonds. The first-order chi connectivity index (χ1) is 8.34. The topological polar surface area (TPSA) is 49.6 Å². The van der Waals surface area contributed by atoms with E-state index in [9.17, 15) is 4.79 Å². The third-order valence-electron chi connectivity index (χ3n) is 4.13. The average molecular weight is 255 g/mol. The molecule has 1 aliphatic heterocycles. The molecule has 1 heterocycles. The summed E-state index contributed by atoms with van der Waals surface area (Å²) in [5, 5.41) is 0. The molecule has 1 unspecified atom stereocenters. The van der Waals surface area contributed by atoms with Gasteiger partial charge in [0.15, 0.2) is 0 Å². The molecule has 0 aromatic rings. The van der Waals surface area contributed by atoms with Gasteiger partial charge in [-0.1, -0.05) is 13.8 Å². The first kappa shape index (κ1) is 15.4. The zero-order chi connectivity index (χ0) is 13.9. The SMILES string of the molecule is CC(C)C(N)C(=O)N(C)C1CCN(C(C)C)CC1. The second kappa shape index (κ2) is 6.53. The van der Waals surface area contributed by atoms with Crippen molar-refractivity contribution in [2.45, 2.75) is 58.7 Å². The third-order valence-corrected chi connectivity index (χ3v) is 4.13. The van der Waals surface area contributed by atoms with E-state index in [0.717, 1.165) is 25.9 Å². The quantitative estimate of drug-likeness (QED) is 0.824. The molecule has 1 atom stereocenters. The van der Waals surface area contributed by atoms with Crippen molar-refractivity contribution in [2.24, 2.45) is 11.7 Å². The summed E-state index contributed by atoms with van der Waals surface area (Å²) in [5.41, 5.74) is 5.94. The van der Waals surface area contributed by atoms with Gasteiger partial charge in [0, 0.05) is 32.2 Å². The lowest BCUT2D eigenvalue weighted by atomic mass is 9.99. The molecular formula is C14H29N3O. The number of likely N-dealkylation sites (N-methyl/N-ethyl adjacent to an activating group) is 1. The van der Waals surface area contributed by atoms with Gasteiger partial charge < -0.3 is 15.5 Å². The predicted octanol–water partition coefficient (Wildman–Crippen LogP) is 1.30. The number of carbonyl (C=O) groups is 1. The second-order valence-corrected chi connectivity index (χ2v) is 6.08. The Bertz CT molecular complexity index is 270. The summed E-state index contributed by atoms with van der Waals surface area (Å²) in [6.07, 6.45) is 2.12. The molecule has 1 rings (SSSR count). The van der Waals surface area contributed by atoms with E-state index in [1.165, 1.54) is 0 Å². The zero-order valence-corrected chi connectivity index (χ0v) is 12.5. The van der Waals surface area contributed by atoms with Crippen molar-refractivity contribution in [2.75, 3.05) is 20.1 Å². The van der Waals surface area contributed by atoms with Crippen LogP contribution in [0.15, 0.2) is 0 Å². The molecule has 0 bridgehead atoms. The second-order valence-electron chi connectivity index (χ2n) is 6.08. The van der Waals surface area contributed by atoms with Crippen LogP contribution in [0, 0.1) is 5.92 Å². The molecule has 1 fully saturated rings. The molecule has 4 nitrogen and oxygen atoms in total. The Morgan fingerprint density at radius 1 is 1.22 bits per heavy atom. The Hall–Kier alpha value is -0.610. The maximum atomic E-state index is 12.2. The minimum absolute atomic E-state index is 0.0907. The predicted molar refractivity (Wildman–Crippen MR) is 75.3 cm³/mol. The number of nitrogens with two attached hydrogens (primary N) is 1. The number of rotatable bonds is 4. The Labute approximate surface area is 111 Å². The molecule has 0 aromatic heterocycles. The standard InChI is InChI=1S/C14H29N3O/c1-10(2)13(15)14(18)16(5)12-6-8-17(9-7-12)11(3)4/h10-13H,6-9,15H2,1-5H3. The van der Waals surface area contributed by atoms with Gasteiger partial charge in [-0.25, -0.2) is 0 Å². The summed E-state index contributed by atoms with van der Waals surface area (Å²) in [4.78, 5) is 16.5. The van der Waals surface area contributed by atoms with E-state index in [2.05, 4.69) is 18.7 Å². The summed E-state index contributed by atoms with van der Waals surface area (Å²) in [6.45, 7) is 10.6. The van der Waals surface area contributed by atoms with Crippen molar-refractivity contribution in [3.63, 3.8) is 0 Å². The maximum absolute atomic E-state index is 12.2. The molecule has 0 aromatic carbocycles. The average Bonchev–Trinajstić information content (AvgIpc) is 2.36. The number of likely N-dealkylation sites (tertiary alicyclic amines) is 1. The van der Waals surface area contributed by atoms with Crippen LogP contribution in [-0.2, 0) is 4.79 Å². The van der Waals surface area contributed by atoms with Crippen LogP contribution in [0.3, 0.4) is 0 Å². The lowest BCUT2D eigenvalue weighted by Crippen LogP contribution is -2.52. The van der Waals surface area contributed by atoms with Crippen LogP contribution < -0.4 is 5.73 Å². The minimum atomic E-state index is -0.363. The molecule has 1 aliphatic rings. The zero-order valence-electron chi connectivity index (χ0n) is 12.5. The van der Waals surface area contributed by atoms with Crippen LogP contribution in [0.5, 0.6) is 0 Å². The van der Waals surface area contributed by atoms with E-state index in [-0.39, 0.29) is 17.9 Å². The first-order valence-electron chi connectivity index (χ1n) is 7.11. The fourth-order valence-electron chi connectivity index (χ4n) is 2.49. The van der Waals surface area contributed by atoms with Crippen molar-refractivity contribution < 1.29 is 4.79 Å². The third kappa shape index (κ3) is 3.69. The molecule has 1 saturated heterocycles. The van der Waals surface area contributed by atoms with Crippen LogP contribution in [0.2, 0.25) is 0 Å². The van der Waals surface area contributed by atoms with Gasteiger partial charge in [-0.2, -0.15) is 0 Å². The van der Waals surface area contributed by atoms with Crippen molar-refractivity contribution in [3.8, 4) is 0 Å². The molecule has 0 saturated carbocycles. The van der Waals surface area contributed by atoms with Gasteiger partial charge in [0.25, 0.3) is 0 Å². The molecule has 18 heavy (non-hydrogen) atoms. The van der Waals surface area contributed by atoms with Crippen LogP contribution >= 0.6 is 0 Å². The minimum Gasteiger partial charge on any atom is -0.341 e. The maximum Gasteiger partial charge on any atom is 0.239 e. The Kier molecular flexibility index (Phi) is 5.60. The van der Waals surface area contributed by atoms with E-state index in [4.69, 9.17) is 5.73 Å². The number of piperidine rings is 1. The van der Waals surface area contributed by atoms with E-state index in [0.29, 0.717) is 12.1 Å². The molecule has 4 heteroatoms. The van der Waals surface area contributed by atoms with Gasteiger partial charge in [-0.3, -0.25) is 4.79 Å². The summed E-state index contributed by atoms with van der Waals surface area (Å²) in [5.74, 6) is 0.295. The Morgan fingerprint density at radius 2 is 1.72 bits per heavy atom. The van der Waals surface area contributed by atoms with E-state index >= 15 is 0 Å². The number of nitrogens with zero attached hydrogens (tertiary/aromatic N) is 2. The van der Waals surface area contributed by atoms with Crippen molar-refractivity contribution in [3.05, 3.63) is 0 Å². The van der Waals surface area contributed by atoms with Crippen LogP contribution in [-0.4, -0.2) is 54.0 Å². The summed E-state index contributed by atoms with van der Waals surface area (Å²) in [6, 6.07) is 0.598. The molecule has 0 radical (unpaired) electrons. The van der Waals surface area contributed by atoms with Crippen molar-refractivity contribution >= 4 is 5.91 Å². The number of hydrogen-bond acceptors (Lipinski definition) is 3.